The molecule has 4 rings (SSSR count). The molecule has 2 aliphatic rings. The number of para-hydroxylation sites is 1. The molecule has 2 N–H and O–H groups in total. The van der Waals surface area contributed by atoms with Crippen molar-refractivity contribution in [2.45, 2.75) is 0 Å². The molecule has 2 aromatic rings. The van der Waals surface area contributed by atoms with E-state index >= 15 is 0 Å². The number of likely N-dealkylation sites (N-methyl/N-ethyl adjacent to an activating group) is 1. The quantitative estimate of drug-likeness (QED) is 0.477. The van der Waals surface area contributed by atoms with Gasteiger partial charge in [-0.05, 0) is 36.5 Å². The molecule has 0 saturated carbocycles. The number of phenolic OH excluding ortho intramolecular Hbond substituents is 2. The van der Waals surface area contributed by atoms with Crippen molar-refractivity contribution in [1.82, 2.24) is 4.90 Å². The van der Waals surface area contributed by atoms with Gasteiger partial charge in [0, 0.05) is 18.7 Å². The van der Waals surface area contributed by atoms with E-state index in [9.17, 15) is 15.0 Å². The lowest BCUT2D eigenvalue weighted by molar-refractivity contribution is -0.114. The van der Waals surface area contributed by atoms with E-state index in [4.69, 9.17) is 21.7 Å². The Hall–Kier alpha value is -3.26. The fourth-order valence-corrected chi connectivity index (χ4v) is 3.11. The van der Waals surface area contributed by atoms with Gasteiger partial charge in [-0.3, -0.25) is 9.69 Å². The summed E-state index contributed by atoms with van der Waals surface area (Å²) in [4.78, 5) is 15.9. The van der Waals surface area contributed by atoms with Gasteiger partial charge in [0.25, 0.3) is 5.91 Å². The largest absolute Gasteiger partial charge is 0.504 e. The van der Waals surface area contributed by atoms with Crippen molar-refractivity contribution >= 4 is 35.0 Å². The monoisotopic (exact) mass is 370 g/mol. The molecule has 0 aliphatic carbocycles. The molecule has 2 aromatic carbocycles. The molecular weight excluding hydrogens is 356 g/mol. The van der Waals surface area contributed by atoms with Gasteiger partial charge in [-0.1, -0.05) is 12.1 Å². The van der Waals surface area contributed by atoms with E-state index in [-0.39, 0.29) is 29.9 Å². The first-order chi connectivity index (χ1) is 12.5. The first kappa shape index (κ1) is 16.2. The van der Waals surface area contributed by atoms with Crippen LogP contribution in [0.4, 0.5) is 5.69 Å². The Bertz CT molecular complexity index is 972. The number of hydrogen-bond acceptors (Lipinski definition) is 6. The van der Waals surface area contributed by atoms with Crippen LogP contribution >= 0.6 is 12.2 Å². The van der Waals surface area contributed by atoms with Crippen molar-refractivity contribution < 1.29 is 24.5 Å². The first-order valence-corrected chi connectivity index (χ1v) is 8.12. The van der Waals surface area contributed by atoms with Gasteiger partial charge >= 0.3 is 0 Å². The molecule has 0 spiro atoms. The average Bonchev–Trinajstić information content (AvgIpc) is 3.17. The summed E-state index contributed by atoms with van der Waals surface area (Å²) in [6.45, 7) is 0.138. The highest BCUT2D eigenvalue weighted by Crippen LogP contribution is 2.38. The van der Waals surface area contributed by atoms with Gasteiger partial charge in [0.2, 0.25) is 6.79 Å². The topological polar surface area (TPSA) is 82.5 Å². The number of fused-ring (bicyclic) bond motifs is 1. The number of anilines is 1. The Morgan fingerprint density at radius 3 is 2.73 bits per heavy atom. The van der Waals surface area contributed by atoms with Gasteiger partial charge in [-0.25, -0.2) is 0 Å². The molecule has 1 fully saturated rings. The smallest absolute Gasteiger partial charge is 0.281 e. The van der Waals surface area contributed by atoms with Crippen LogP contribution in [0.1, 0.15) is 5.56 Å². The van der Waals surface area contributed by atoms with Crippen LogP contribution in [0.2, 0.25) is 0 Å². The zero-order valence-corrected chi connectivity index (χ0v) is 14.5. The second kappa shape index (κ2) is 5.92. The molecule has 132 valence electrons. The first-order valence-electron chi connectivity index (χ1n) is 7.72. The third-order valence-corrected chi connectivity index (χ3v) is 4.67. The van der Waals surface area contributed by atoms with E-state index in [1.54, 1.807) is 42.3 Å². The van der Waals surface area contributed by atoms with Crippen LogP contribution in [0.25, 0.3) is 6.08 Å². The molecule has 7 nitrogen and oxygen atoms in total. The molecule has 2 aliphatic heterocycles. The number of phenols is 2. The Morgan fingerprint density at radius 1 is 1.15 bits per heavy atom. The Morgan fingerprint density at radius 2 is 1.92 bits per heavy atom. The van der Waals surface area contributed by atoms with Crippen molar-refractivity contribution in [3.8, 4) is 23.0 Å². The SMILES string of the molecule is CN1C(=S)N(c2ccc3c(c2)OCO3)C(=O)/C1=C\c1cccc(O)c1O. The number of benzene rings is 2. The zero-order chi connectivity index (χ0) is 18.4. The van der Waals surface area contributed by atoms with Gasteiger partial charge in [0.05, 0.1) is 5.69 Å². The number of ether oxygens (including phenoxy) is 2. The summed E-state index contributed by atoms with van der Waals surface area (Å²) in [7, 11) is 1.67. The minimum atomic E-state index is -0.348. The van der Waals surface area contributed by atoms with Crippen LogP contribution in [-0.4, -0.2) is 40.0 Å². The molecule has 2 heterocycles. The van der Waals surface area contributed by atoms with Gasteiger partial charge in [0.1, 0.15) is 5.70 Å². The van der Waals surface area contributed by atoms with Crippen LogP contribution in [0.15, 0.2) is 42.1 Å². The summed E-state index contributed by atoms with van der Waals surface area (Å²) < 4.78 is 10.6. The maximum Gasteiger partial charge on any atom is 0.281 e. The van der Waals surface area contributed by atoms with E-state index in [0.29, 0.717) is 27.9 Å². The van der Waals surface area contributed by atoms with Crippen molar-refractivity contribution in [3.05, 3.63) is 47.7 Å². The molecular formula is C18H14N2O5S. The van der Waals surface area contributed by atoms with Gasteiger partial charge < -0.3 is 24.6 Å². The van der Waals surface area contributed by atoms with Gasteiger partial charge in [-0.2, -0.15) is 0 Å². The van der Waals surface area contributed by atoms with Crippen molar-refractivity contribution in [1.29, 1.82) is 0 Å². The number of carbonyl (C=O) groups is 1. The highest BCUT2D eigenvalue weighted by atomic mass is 32.1. The highest BCUT2D eigenvalue weighted by molar-refractivity contribution is 7.80. The molecule has 26 heavy (non-hydrogen) atoms. The second-order valence-electron chi connectivity index (χ2n) is 5.76. The summed E-state index contributed by atoms with van der Waals surface area (Å²) in [5.74, 6) is 0.249. The number of hydrogen-bond donors (Lipinski definition) is 2. The summed E-state index contributed by atoms with van der Waals surface area (Å²) in [6, 6.07) is 9.66. The fourth-order valence-electron chi connectivity index (χ4n) is 2.82. The van der Waals surface area contributed by atoms with Crippen molar-refractivity contribution in [3.63, 3.8) is 0 Å². The Balaban J connectivity index is 1.74. The number of amides is 1. The van der Waals surface area contributed by atoms with E-state index in [0.717, 1.165) is 0 Å². The molecule has 0 unspecified atom stereocenters. The normalized spacial score (nSPS) is 17.5. The van der Waals surface area contributed by atoms with Gasteiger partial charge in [0.15, 0.2) is 28.1 Å². The Kier molecular flexibility index (Phi) is 3.69. The van der Waals surface area contributed by atoms with Crippen LogP contribution in [0.5, 0.6) is 23.0 Å². The fraction of sp³-hybridized carbons (Fsp3) is 0.111. The molecule has 0 atom stereocenters. The van der Waals surface area contributed by atoms with Crippen molar-refractivity contribution in [2.75, 3.05) is 18.7 Å². The van der Waals surface area contributed by atoms with Crippen molar-refractivity contribution in [2.24, 2.45) is 0 Å². The summed E-state index contributed by atoms with van der Waals surface area (Å²) in [5, 5.41) is 19.9. The summed E-state index contributed by atoms with van der Waals surface area (Å²) in [5.41, 5.74) is 1.14. The predicted molar refractivity (Wildman–Crippen MR) is 98.2 cm³/mol. The molecule has 1 amide bonds. The number of nitrogens with zero attached hydrogens (tertiary/aromatic N) is 2. The molecule has 8 heteroatoms. The maximum absolute atomic E-state index is 12.9. The third kappa shape index (κ3) is 2.42. The number of thiocarbonyl (C=S) groups is 1. The van der Waals surface area contributed by atoms with Crippen LogP contribution < -0.4 is 14.4 Å². The lowest BCUT2D eigenvalue weighted by Crippen LogP contribution is -2.31. The highest BCUT2D eigenvalue weighted by Gasteiger charge is 2.37. The number of aromatic hydroxyl groups is 2. The molecule has 0 aromatic heterocycles. The average molecular weight is 370 g/mol. The minimum Gasteiger partial charge on any atom is -0.504 e. The molecule has 0 bridgehead atoms. The van der Waals surface area contributed by atoms with E-state index in [2.05, 4.69) is 0 Å². The molecule has 1 saturated heterocycles. The standard InChI is InChI=1S/C18H14N2O5S/c1-19-12(7-10-3-2-4-13(21)16(10)22)17(23)20(18(19)26)11-5-6-14-15(8-11)25-9-24-14/h2-8,21-22H,9H2,1H3/b12-7+. The third-order valence-electron chi connectivity index (χ3n) is 4.21. The van der Waals surface area contributed by atoms with E-state index < -0.39 is 0 Å². The number of carbonyl (C=O) groups excluding carboxylic acids is 1. The lowest BCUT2D eigenvalue weighted by Gasteiger charge is -2.16. The minimum absolute atomic E-state index is 0.138. The summed E-state index contributed by atoms with van der Waals surface area (Å²) >= 11 is 5.41. The van der Waals surface area contributed by atoms with Crippen LogP contribution in [0, 0.1) is 0 Å². The second-order valence-corrected chi connectivity index (χ2v) is 6.13. The van der Waals surface area contributed by atoms with Gasteiger partial charge in [-0.15, -0.1) is 0 Å². The Labute approximate surface area is 154 Å². The van der Waals surface area contributed by atoms with Crippen LogP contribution in [0.3, 0.4) is 0 Å². The maximum atomic E-state index is 12.9. The number of rotatable bonds is 2. The van der Waals surface area contributed by atoms with Crippen LogP contribution in [-0.2, 0) is 4.79 Å². The lowest BCUT2D eigenvalue weighted by atomic mass is 10.1. The van der Waals surface area contributed by atoms with E-state index in [1.165, 1.54) is 17.0 Å². The van der Waals surface area contributed by atoms with E-state index in [1.807, 2.05) is 0 Å². The zero-order valence-electron chi connectivity index (χ0n) is 13.7. The predicted octanol–water partition coefficient (Wildman–Crippen LogP) is 2.43. The molecule has 0 radical (unpaired) electrons. The summed E-state index contributed by atoms with van der Waals surface area (Å²) in [6.07, 6.45) is 1.48.